The molecule has 0 aliphatic rings. The lowest BCUT2D eigenvalue weighted by Gasteiger charge is -2.34. The predicted molar refractivity (Wildman–Crippen MR) is 73.5 cm³/mol. The first-order valence-electron chi connectivity index (χ1n) is 6.27. The second-order valence-corrected chi connectivity index (χ2v) is 4.77. The van der Waals surface area contributed by atoms with Crippen molar-refractivity contribution in [3.05, 3.63) is 29.8 Å². The van der Waals surface area contributed by atoms with Gasteiger partial charge in [0.2, 0.25) is 0 Å². The maximum Gasteiger partial charge on any atom is 0.122 e. The molecule has 0 heterocycles. The third-order valence-electron chi connectivity index (χ3n) is 3.17. The highest BCUT2D eigenvalue weighted by molar-refractivity contribution is 5.34. The third kappa shape index (κ3) is 3.70. The van der Waals surface area contributed by atoms with E-state index in [2.05, 4.69) is 5.43 Å². The standard InChI is InChI=1S/C14H24N2O2/c1-5-18-14(2,3)13(16-15)10-11-8-6-7-9-12(11)17-4/h6-9,13,16H,5,10,15H2,1-4H3. The predicted octanol–water partition coefficient (Wildman–Crippen LogP) is 1.88. The van der Waals surface area contributed by atoms with Crippen LogP contribution in [0.1, 0.15) is 26.3 Å². The van der Waals surface area contributed by atoms with Crippen molar-refractivity contribution in [3.8, 4) is 5.75 Å². The van der Waals surface area contributed by atoms with Crippen molar-refractivity contribution >= 4 is 0 Å². The van der Waals surface area contributed by atoms with E-state index in [0.717, 1.165) is 17.7 Å². The van der Waals surface area contributed by atoms with Gasteiger partial charge < -0.3 is 9.47 Å². The first-order chi connectivity index (χ1) is 8.55. The highest BCUT2D eigenvalue weighted by Gasteiger charge is 2.29. The van der Waals surface area contributed by atoms with Gasteiger partial charge in [0, 0.05) is 6.61 Å². The summed E-state index contributed by atoms with van der Waals surface area (Å²) < 4.78 is 11.1. The number of hydrogen-bond acceptors (Lipinski definition) is 4. The Labute approximate surface area is 109 Å². The van der Waals surface area contributed by atoms with Gasteiger partial charge in [-0.15, -0.1) is 0 Å². The van der Waals surface area contributed by atoms with E-state index in [0.29, 0.717) is 6.61 Å². The monoisotopic (exact) mass is 252 g/mol. The number of methoxy groups -OCH3 is 1. The Morgan fingerprint density at radius 2 is 2.00 bits per heavy atom. The molecule has 0 saturated heterocycles. The maximum atomic E-state index is 5.74. The molecule has 0 aliphatic heterocycles. The summed E-state index contributed by atoms with van der Waals surface area (Å²) in [5.74, 6) is 6.54. The second-order valence-electron chi connectivity index (χ2n) is 4.77. The normalized spacial score (nSPS) is 13.4. The Kier molecular flexibility index (Phi) is 5.59. The lowest BCUT2D eigenvalue weighted by atomic mass is 9.92. The molecule has 4 nitrogen and oxygen atoms in total. The highest BCUT2D eigenvalue weighted by Crippen LogP contribution is 2.24. The largest absolute Gasteiger partial charge is 0.496 e. The molecule has 18 heavy (non-hydrogen) atoms. The average Bonchev–Trinajstić information content (AvgIpc) is 2.36. The Hall–Kier alpha value is -1.10. The van der Waals surface area contributed by atoms with Crippen molar-refractivity contribution in [3.63, 3.8) is 0 Å². The summed E-state index contributed by atoms with van der Waals surface area (Å²) in [5.41, 5.74) is 3.64. The van der Waals surface area contributed by atoms with Crippen molar-refractivity contribution in [1.82, 2.24) is 5.43 Å². The molecule has 0 aromatic heterocycles. The van der Waals surface area contributed by atoms with Gasteiger partial charge in [-0.1, -0.05) is 18.2 Å². The van der Waals surface area contributed by atoms with Crippen molar-refractivity contribution in [2.45, 2.75) is 38.8 Å². The number of ether oxygens (including phenoxy) is 2. The molecule has 1 atom stereocenters. The summed E-state index contributed by atoms with van der Waals surface area (Å²) in [4.78, 5) is 0. The van der Waals surface area contributed by atoms with Crippen LogP contribution in [0.3, 0.4) is 0 Å². The Morgan fingerprint density at radius 1 is 1.33 bits per heavy atom. The molecular formula is C14H24N2O2. The SMILES string of the molecule is CCOC(C)(C)C(Cc1ccccc1OC)NN. The summed E-state index contributed by atoms with van der Waals surface area (Å²) in [5, 5.41) is 0. The molecule has 0 spiro atoms. The van der Waals surface area contributed by atoms with Gasteiger partial charge in [0.1, 0.15) is 5.75 Å². The Morgan fingerprint density at radius 3 is 2.56 bits per heavy atom. The van der Waals surface area contributed by atoms with Gasteiger partial charge in [-0.3, -0.25) is 11.3 Å². The van der Waals surface area contributed by atoms with Gasteiger partial charge in [-0.05, 0) is 38.8 Å². The van der Waals surface area contributed by atoms with Gasteiger partial charge >= 0.3 is 0 Å². The molecule has 102 valence electrons. The van der Waals surface area contributed by atoms with E-state index in [9.17, 15) is 0 Å². The molecule has 0 fully saturated rings. The molecule has 4 heteroatoms. The second kappa shape index (κ2) is 6.73. The molecule has 0 radical (unpaired) electrons. The number of benzene rings is 1. The topological polar surface area (TPSA) is 56.5 Å². The van der Waals surface area contributed by atoms with Crippen LogP contribution in [0.15, 0.2) is 24.3 Å². The van der Waals surface area contributed by atoms with Crippen LogP contribution in [0, 0.1) is 0 Å². The van der Waals surface area contributed by atoms with Crippen LogP contribution in [0.2, 0.25) is 0 Å². The number of hydrogen-bond donors (Lipinski definition) is 2. The number of hydrazine groups is 1. The minimum Gasteiger partial charge on any atom is -0.496 e. The average molecular weight is 252 g/mol. The molecule has 0 amide bonds. The fraction of sp³-hybridized carbons (Fsp3) is 0.571. The van der Waals surface area contributed by atoms with Gasteiger partial charge in [0.25, 0.3) is 0 Å². The number of nitrogens with one attached hydrogen (secondary N) is 1. The fourth-order valence-electron chi connectivity index (χ4n) is 2.07. The first kappa shape index (κ1) is 15.0. The Balaban J connectivity index is 2.85. The third-order valence-corrected chi connectivity index (χ3v) is 3.17. The van der Waals surface area contributed by atoms with E-state index in [1.165, 1.54) is 0 Å². The van der Waals surface area contributed by atoms with Gasteiger partial charge in [0.05, 0.1) is 18.8 Å². The zero-order valence-corrected chi connectivity index (χ0v) is 11.7. The van der Waals surface area contributed by atoms with Crippen molar-refractivity contribution in [2.75, 3.05) is 13.7 Å². The van der Waals surface area contributed by atoms with Gasteiger partial charge in [-0.25, -0.2) is 0 Å². The van der Waals surface area contributed by atoms with Crippen LogP contribution >= 0.6 is 0 Å². The van der Waals surface area contributed by atoms with Crippen LogP contribution in [0.5, 0.6) is 5.75 Å². The summed E-state index contributed by atoms with van der Waals surface area (Å²) in [6, 6.07) is 7.98. The minimum atomic E-state index is -0.329. The van der Waals surface area contributed by atoms with Crippen LogP contribution < -0.4 is 16.0 Å². The molecule has 0 bridgehead atoms. The highest BCUT2D eigenvalue weighted by atomic mass is 16.5. The van der Waals surface area contributed by atoms with Crippen molar-refractivity contribution < 1.29 is 9.47 Å². The quantitative estimate of drug-likeness (QED) is 0.575. The number of para-hydroxylation sites is 1. The van der Waals surface area contributed by atoms with E-state index in [1.807, 2.05) is 45.0 Å². The smallest absolute Gasteiger partial charge is 0.122 e. The number of nitrogens with two attached hydrogens (primary N) is 1. The van der Waals surface area contributed by atoms with E-state index >= 15 is 0 Å². The molecule has 1 rings (SSSR count). The zero-order valence-electron chi connectivity index (χ0n) is 11.7. The summed E-state index contributed by atoms with van der Waals surface area (Å²) in [6.07, 6.45) is 0.757. The molecular weight excluding hydrogens is 228 g/mol. The van der Waals surface area contributed by atoms with Crippen LogP contribution in [-0.2, 0) is 11.2 Å². The summed E-state index contributed by atoms with van der Waals surface area (Å²) >= 11 is 0. The van der Waals surface area contributed by atoms with E-state index < -0.39 is 0 Å². The molecule has 1 aromatic rings. The van der Waals surface area contributed by atoms with Crippen LogP contribution in [-0.4, -0.2) is 25.4 Å². The molecule has 1 unspecified atom stereocenters. The van der Waals surface area contributed by atoms with Crippen LogP contribution in [0.25, 0.3) is 0 Å². The van der Waals surface area contributed by atoms with Gasteiger partial charge in [0.15, 0.2) is 0 Å². The summed E-state index contributed by atoms with van der Waals surface area (Å²) in [6.45, 7) is 6.72. The Bertz CT molecular complexity index is 367. The van der Waals surface area contributed by atoms with E-state index in [1.54, 1.807) is 7.11 Å². The van der Waals surface area contributed by atoms with Crippen LogP contribution in [0.4, 0.5) is 0 Å². The van der Waals surface area contributed by atoms with E-state index in [4.69, 9.17) is 15.3 Å². The minimum absolute atomic E-state index is 0.0220. The first-order valence-corrected chi connectivity index (χ1v) is 6.27. The molecule has 3 N–H and O–H groups in total. The van der Waals surface area contributed by atoms with Crippen molar-refractivity contribution in [2.24, 2.45) is 5.84 Å². The van der Waals surface area contributed by atoms with Gasteiger partial charge in [-0.2, -0.15) is 0 Å². The molecule has 0 saturated carbocycles. The van der Waals surface area contributed by atoms with E-state index in [-0.39, 0.29) is 11.6 Å². The lowest BCUT2D eigenvalue weighted by Crippen LogP contribution is -2.52. The zero-order chi connectivity index (χ0) is 13.6. The number of rotatable bonds is 7. The lowest BCUT2D eigenvalue weighted by molar-refractivity contribution is -0.0381. The van der Waals surface area contributed by atoms with Crippen molar-refractivity contribution in [1.29, 1.82) is 0 Å². The molecule has 0 aliphatic carbocycles. The molecule has 1 aromatic carbocycles. The summed E-state index contributed by atoms with van der Waals surface area (Å²) in [7, 11) is 1.68. The fourth-order valence-corrected chi connectivity index (χ4v) is 2.07. The maximum absolute atomic E-state index is 5.74.